The second-order valence-corrected chi connectivity index (χ2v) is 21.0. The first-order valence-electron chi connectivity index (χ1n) is 22.6. The summed E-state index contributed by atoms with van der Waals surface area (Å²) in [6.45, 7) is 26.8. The van der Waals surface area contributed by atoms with Crippen LogP contribution in [-0.2, 0) is 31.1 Å². The molecule has 1 heterocycles. The molecule has 0 spiro atoms. The van der Waals surface area contributed by atoms with Crippen molar-refractivity contribution in [2.24, 2.45) is 9.98 Å². The summed E-state index contributed by atoms with van der Waals surface area (Å²) < 4.78 is 16.1. The molecule has 10 nitrogen and oxygen atoms in total. The number of rotatable bonds is 16. The van der Waals surface area contributed by atoms with Gasteiger partial charge in [0.25, 0.3) is 0 Å². The van der Waals surface area contributed by atoms with Gasteiger partial charge in [-0.2, -0.15) is 0 Å². The summed E-state index contributed by atoms with van der Waals surface area (Å²) in [7, 11) is 0. The van der Waals surface area contributed by atoms with E-state index in [-0.39, 0.29) is 33.2 Å². The summed E-state index contributed by atoms with van der Waals surface area (Å²) >= 11 is 0. The summed E-state index contributed by atoms with van der Waals surface area (Å²) in [5.74, 6) is 0.878. The number of likely N-dealkylation sites (tertiary alicyclic amines) is 1. The molecule has 0 aliphatic carbocycles. The van der Waals surface area contributed by atoms with Gasteiger partial charge in [0, 0.05) is 47.8 Å². The molecule has 4 rings (SSSR count). The van der Waals surface area contributed by atoms with Crippen LogP contribution in [0.3, 0.4) is 0 Å². The Bertz CT molecular complexity index is 1900. The molecule has 1 saturated heterocycles. The fourth-order valence-corrected chi connectivity index (χ4v) is 7.37. The van der Waals surface area contributed by atoms with Crippen LogP contribution in [0.15, 0.2) is 64.6 Å². The van der Waals surface area contributed by atoms with Gasteiger partial charge in [-0.15, -0.1) is 0 Å². The third-order valence-corrected chi connectivity index (χ3v) is 11.4. The number of nitrogens with zero attached hydrogens (tertiary/aromatic N) is 3. The molecule has 10 heteroatoms. The van der Waals surface area contributed by atoms with E-state index in [1.807, 2.05) is 18.2 Å². The fraction of sp³-hybridized carbons (Fsp3) is 0.577. The van der Waals surface area contributed by atoms with Crippen molar-refractivity contribution < 1.29 is 34.0 Å². The maximum Gasteiger partial charge on any atom is 0.513 e. The number of aromatic hydroxyl groups is 2. The third-order valence-electron chi connectivity index (χ3n) is 11.4. The van der Waals surface area contributed by atoms with Gasteiger partial charge in [-0.1, -0.05) is 152 Å². The van der Waals surface area contributed by atoms with Crippen LogP contribution in [0, 0.1) is 0 Å². The lowest BCUT2D eigenvalue weighted by molar-refractivity contribution is 0.0971. The van der Waals surface area contributed by atoms with Crippen LogP contribution >= 0.6 is 0 Å². The summed E-state index contributed by atoms with van der Waals surface area (Å²) in [4.78, 5) is 37.0. The maximum absolute atomic E-state index is 13.5. The fourth-order valence-electron chi connectivity index (χ4n) is 7.37. The number of hydrogen-bond acceptors (Lipinski definition) is 9. The standard InChI is InChI=1S/C52H75N3O7/c1-49(2,3)38-28-36(45(56)41(30-38)51(7,8)9)32-53-43-34-55(35-44(43)54-33-37-29-39(50(4,5)6)31-42(46(37)57)52(10,11)12)47(58)60-26-22-17-15-13-14-16-18-23-27-61-48(59)62-40-24-20-19-21-25-40/h19-21,24-25,28-33,43-44,56-57H,13-18,22-23,26-27,34-35H2,1-12H3/t43-,44-/m1/s1. The largest absolute Gasteiger partial charge is 0.513 e. The van der Waals surface area contributed by atoms with Gasteiger partial charge in [-0.3, -0.25) is 9.98 Å². The zero-order valence-electron chi connectivity index (χ0n) is 39.8. The first-order valence-corrected chi connectivity index (χ1v) is 22.6. The van der Waals surface area contributed by atoms with Crippen molar-refractivity contribution in [1.29, 1.82) is 0 Å². The molecule has 3 aromatic carbocycles. The van der Waals surface area contributed by atoms with Crippen LogP contribution in [0.1, 0.15) is 168 Å². The highest BCUT2D eigenvalue weighted by molar-refractivity contribution is 5.86. The first-order chi connectivity index (χ1) is 28.9. The lowest BCUT2D eigenvalue weighted by Gasteiger charge is -2.27. The van der Waals surface area contributed by atoms with Crippen LogP contribution in [-0.4, -0.2) is 78.2 Å². The van der Waals surface area contributed by atoms with Crippen molar-refractivity contribution >= 4 is 24.7 Å². The van der Waals surface area contributed by atoms with Gasteiger partial charge in [-0.05, 0) is 69.9 Å². The van der Waals surface area contributed by atoms with E-state index in [9.17, 15) is 19.8 Å². The zero-order chi connectivity index (χ0) is 45.9. The summed E-state index contributed by atoms with van der Waals surface area (Å²) in [5.41, 5.74) is 4.30. The minimum atomic E-state index is -0.675. The van der Waals surface area contributed by atoms with Gasteiger partial charge in [0.05, 0.1) is 25.3 Å². The molecule has 340 valence electrons. The molecule has 2 atom stereocenters. The molecule has 0 aromatic heterocycles. The van der Waals surface area contributed by atoms with E-state index in [0.29, 0.717) is 43.2 Å². The Morgan fingerprint density at radius 2 is 1.00 bits per heavy atom. The van der Waals surface area contributed by atoms with E-state index in [1.165, 1.54) is 0 Å². The quantitative estimate of drug-likeness (QED) is 0.0635. The average Bonchev–Trinajstić information content (AvgIpc) is 3.59. The molecule has 1 aliphatic rings. The molecule has 2 N–H and O–H groups in total. The predicted molar refractivity (Wildman–Crippen MR) is 252 cm³/mol. The third kappa shape index (κ3) is 14.9. The lowest BCUT2D eigenvalue weighted by atomic mass is 9.79. The van der Waals surface area contributed by atoms with Crippen LogP contribution in [0.2, 0.25) is 0 Å². The predicted octanol–water partition coefficient (Wildman–Crippen LogP) is 12.4. The van der Waals surface area contributed by atoms with Gasteiger partial charge in [0.1, 0.15) is 17.2 Å². The number of phenolic OH excluding ortho intramolecular Hbond substituents is 2. The smallest absolute Gasteiger partial charge is 0.507 e. The van der Waals surface area contributed by atoms with Crippen LogP contribution in [0.25, 0.3) is 0 Å². The van der Waals surface area contributed by atoms with Crippen molar-refractivity contribution in [3.05, 3.63) is 88.0 Å². The maximum atomic E-state index is 13.5. The second-order valence-electron chi connectivity index (χ2n) is 21.0. The van der Waals surface area contributed by atoms with Gasteiger partial charge in [-0.25, -0.2) is 9.59 Å². The first kappa shape index (κ1) is 49.8. The van der Waals surface area contributed by atoms with E-state index >= 15 is 0 Å². The van der Waals surface area contributed by atoms with E-state index < -0.39 is 24.3 Å². The molecular weight excluding hydrogens is 779 g/mol. The van der Waals surface area contributed by atoms with Gasteiger partial charge in [0.15, 0.2) is 0 Å². The number of aliphatic imine (C=N–C) groups is 2. The molecule has 0 saturated carbocycles. The molecule has 62 heavy (non-hydrogen) atoms. The summed E-state index contributed by atoms with van der Waals surface area (Å²) in [6.07, 6.45) is 10.2. The lowest BCUT2D eigenvalue weighted by Crippen LogP contribution is -2.30. The van der Waals surface area contributed by atoms with Crippen LogP contribution < -0.4 is 4.74 Å². The van der Waals surface area contributed by atoms with Crippen molar-refractivity contribution in [2.45, 2.75) is 168 Å². The van der Waals surface area contributed by atoms with E-state index in [0.717, 1.165) is 73.6 Å². The van der Waals surface area contributed by atoms with Crippen molar-refractivity contribution in [2.75, 3.05) is 26.3 Å². The monoisotopic (exact) mass is 854 g/mol. The highest BCUT2D eigenvalue weighted by Gasteiger charge is 2.36. The van der Waals surface area contributed by atoms with E-state index in [2.05, 4.69) is 95.2 Å². The Kier molecular flexibility index (Phi) is 17.3. The van der Waals surface area contributed by atoms with E-state index in [4.69, 9.17) is 24.2 Å². The number of phenols is 2. The average molecular weight is 854 g/mol. The highest BCUT2D eigenvalue weighted by Crippen LogP contribution is 2.39. The number of carbonyl (C=O) groups is 2. The Balaban J connectivity index is 1.38. The number of benzene rings is 3. The normalized spacial score (nSPS) is 16.4. The Morgan fingerprint density at radius 3 is 1.40 bits per heavy atom. The minimum absolute atomic E-state index is 0.148. The van der Waals surface area contributed by atoms with Crippen LogP contribution in [0.4, 0.5) is 9.59 Å². The Morgan fingerprint density at radius 1 is 0.597 bits per heavy atom. The second kappa shape index (κ2) is 21.5. The number of hydrogen-bond donors (Lipinski definition) is 2. The summed E-state index contributed by atoms with van der Waals surface area (Å²) in [6, 6.07) is 16.3. The summed E-state index contributed by atoms with van der Waals surface area (Å²) in [5, 5.41) is 23.0. The molecule has 0 radical (unpaired) electrons. The zero-order valence-corrected chi connectivity index (χ0v) is 39.8. The number of ether oxygens (including phenoxy) is 3. The molecule has 1 amide bonds. The van der Waals surface area contributed by atoms with E-state index in [1.54, 1.807) is 41.6 Å². The SMILES string of the molecule is CC(C)(C)c1cc(C=N[C@@H]2CN(C(=O)OCCCCCCCCCCOC(=O)Oc3ccccc3)C[C@H]2N=Cc2cc(C(C)(C)C)cc(C(C)(C)C)c2O)c(O)c(C(C)(C)C)c1. The molecule has 3 aromatic rings. The van der Waals surface area contributed by atoms with Crippen molar-refractivity contribution in [3.8, 4) is 17.2 Å². The number of carbonyl (C=O) groups excluding carboxylic acids is 2. The highest BCUT2D eigenvalue weighted by atomic mass is 16.7. The molecule has 1 fully saturated rings. The van der Waals surface area contributed by atoms with Gasteiger partial charge >= 0.3 is 12.2 Å². The topological polar surface area (TPSA) is 130 Å². The molecule has 0 unspecified atom stereocenters. The number of amides is 1. The molecule has 0 bridgehead atoms. The minimum Gasteiger partial charge on any atom is -0.507 e. The number of para-hydroxylation sites is 1. The van der Waals surface area contributed by atoms with Crippen molar-refractivity contribution in [1.82, 2.24) is 4.90 Å². The van der Waals surface area contributed by atoms with Crippen LogP contribution in [0.5, 0.6) is 17.2 Å². The van der Waals surface area contributed by atoms with Crippen molar-refractivity contribution in [3.63, 3.8) is 0 Å². The molecular formula is C52H75N3O7. The Labute approximate surface area is 372 Å². The molecule has 1 aliphatic heterocycles. The Hall–Kier alpha value is -4.86. The number of unbranched alkanes of at least 4 members (excludes halogenated alkanes) is 7. The van der Waals surface area contributed by atoms with Gasteiger partial charge < -0.3 is 29.3 Å². The van der Waals surface area contributed by atoms with Gasteiger partial charge in [0.2, 0.25) is 0 Å².